The minimum absolute atomic E-state index is 0.192. The molecule has 0 saturated heterocycles. The van der Waals surface area contributed by atoms with Gasteiger partial charge < -0.3 is 14.1 Å². The van der Waals surface area contributed by atoms with Crippen LogP contribution < -0.4 is 0 Å². The summed E-state index contributed by atoms with van der Waals surface area (Å²) < 4.78 is 10.7. The maximum absolute atomic E-state index is 12.3. The molecule has 0 N–H and O–H groups in total. The number of carbonyl (C=O) groups is 1. The average Bonchev–Trinajstić information content (AvgIpc) is 2.88. The summed E-state index contributed by atoms with van der Waals surface area (Å²) in [4.78, 5) is 14.2. The number of rotatable bonds is 11. The molecule has 0 aliphatic carbocycles. The first-order chi connectivity index (χ1) is 10.2. The largest absolute Gasteiger partial charge is 0.464 e. The van der Waals surface area contributed by atoms with Crippen LogP contribution in [-0.4, -0.2) is 31.1 Å². The number of hydrogen-bond donors (Lipinski definition) is 0. The molecule has 1 amide bonds. The average molecular weight is 295 g/mol. The van der Waals surface area contributed by atoms with Gasteiger partial charge in [-0.2, -0.15) is 0 Å². The minimum atomic E-state index is 0.192. The predicted octanol–water partition coefficient (Wildman–Crippen LogP) is 3.92. The van der Waals surface area contributed by atoms with Crippen molar-refractivity contribution in [3.05, 3.63) is 23.7 Å². The van der Waals surface area contributed by atoms with Crippen molar-refractivity contribution >= 4 is 5.91 Å². The number of furan rings is 1. The molecule has 1 rings (SSSR count). The number of methoxy groups -OCH3 is 1. The number of hydrogen-bond acceptors (Lipinski definition) is 3. The molecule has 0 aromatic carbocycles. The summed E-state index contributed by atoms with van der Waals surface area (Å²) >= 11 is 0. The summed E-state index contributed by atoms with van der Waals surface area (Å²) in [5.41, 5.74) is 0. The minimum Gasteiger partial charge on any atom is -0.464 e. The molecule has 4 nitrogen and oxygen atoms in total. The van der Waals surface area contributed by atoms with Gasteiger partial charge in [0.1, 0.15) is 11.5 Å². The molecule has 1 aromatic heterocycles. The Morgan fingerprint density at radius 1 is 1.24 bits per heavy atom. The third-order valence-electron chi connectivity index (χ3n) is 3.55. The van der Waals surface area contributed by atoms with Gasteiger partial charge in [0.25, 0.3) is 0 Å². The second-order valence-electron chi connectivity index (χ2n) is 5.48. The summed E-state index contributed by atoms with van der Waals surface area (Å²) in [7, 11) is 1.66. The van der Waals surface area contributed by atoms with Gasteiger partial charge in [0.15, 0.2) is 0 Å². The summed E-state index contributed by atoms with van der Waals surface area (Å²) in [6.07, 6.45) is 6.43. The van der Waals surface area contributed by atoms with Crippen LogP contribution >= 0.6 is 0 Å². The SMILES string of the molecule is CCCCCCCC(=O)N(CCOC)Cc1ccc(C)o1. The molecular formula is C17H29NO3. The summed E-state index contributed by atoms with van der Waals surface area (Å²) in [6, 6.07) is 3.86. The van der Waals surface area contributed by atoms with Gasteiger partial charge in [-0.05, 0) is 25.5 Å². The van der Waals surface area contributed by atoms with E-state index >= 15 is 0 Å². The molecule has 0 aliphatic rings. The normalized spacial score (nSPS) is 10.8. The van der Waals surface area contributed by atoms with E-state index in [2.05, 4.69) is 6.92 Å². The lowest BCUT2D eigenvalue weighted by atomic mass is 10.1. The lowest BCUT2D eigenvalue weighted by Crippen LogP contribution is -2.33. The fourth-order valence-electron chi connectivity index (χ4n) is 2.29. The van der Waals surface area contributed by atoms with Gasteiger partial charge in [-0.15, -0.1) is 0 Å². The van der Waals surface area contributed by atoms with Crippen molar-refractivity contribution in [1.29, 1.82) is 0 Å². The van der Waals surface area contributed by atoms with Crippen molar-refractivity contribution in [2.45, 2.75) is 58.9 Å². The van der Waals surface area contributed by atoms with E-state index in [1.807, 2.05) is 24.0 Å². The number of nitrogens with zero attached hydrogens (tertiary/aromatic N) is 1. The standard InChI is InChI=1S/C17H29NO3/c1-4-5-6-7-8-9-17(19)18(12-13-20-3)14-16-11-10-15(2)21-16/h10-11H,4-9,12-14H2,1-3H3. The number of unbranched alkanes of at least 4 members (excludes halogenated alkanes) is 4. The summed E-state index contributed by atoms with van der Waals surface area (Å²) in [5, 5.41) is 0. The Balaban J connectivity index is 2.41. The van der Waals surface area contributed by atoms with Crippen LogP contribution in [0.5, 0.6) is 0 Å². The lowest BCUT2D eigenvalue weighted by Gasteiger charge is -2.21. The lowest BCUT2D eigenvalue weighted by molar-refractivity contribution is -0.132. The molecule has 0 spiro atoms. The zero-order valence-electron chi connectivity index (χ0n) is 13.7. The number of amides is 1. The first-order valence-electron chi connectivity index (χ1n) is 7.99. The van der Waals surface area contributed by atoms with Gasteiger partial charge in [0.2, 0.25) is 5.91 Å². The van der Waals surface area contributed by atoms with Crippen molar-refractivity contribution < 1.29 is 13.9 Å². The first kappa shape index (κ1) is 17.8. The molecular weight excluding hydrogens is 266 g/mol. The van der Waals surface area contributed by atoms with E-state index in [0.717, 1.165) is 24.4 Å². The van der Waals surface area contributed by atoms with Crippen LogP contribution in [0.1, 0.15) is 57.0 Å². The smallest absolute Gasteiger partial charge is 0.223 e. The van der Waals surface area contributed by atoms with Crippen LogP contribution in [-0.2, 0) is 16.1 Å². The molecule has 0 saturated carbocycles. The molecule has 1 heterocycles. The van der Waals surface area contributed by atoms with E-state index in [-0.39, 0.29) is 5.91 Å². The van der Waals surface area contributed by atoms with Crippen LogP contribution in [0.4, 0.5) is 0 Å². The topological polar surface area (TPSA) is 42.7 Å². The molecule has 0 atom stereocenters. The summed E-state index contributed by atoms with van der Waals surface area (Å²) in [5.74, 6) is 1.91. The first-order valence-corrected chi connectivity index (χ1v) is 7.99. The Bertz CT molecular complexity index is 400. The van der Waals surface area contributed by atoms with Crippen LogP contribution in [0.2, 0.25) is 0 Å². The fourth-order valence-corrected chi connectivity index (χ4v) is 2.29. The third-order valence-corrected chi connectivity index (χ3v) is 3.55. The van der Waals surface area contributed by atoms with Gasteiger partial charge in [-0.25, -0.2) is 0 Å². The maximum Gasteiger partial charge on any atom is 0.223 e. The van der Waals surface area contributed by atoms with Crippen LogP contribution in [0.3, 0.4) is 0 Å². The Labute approximate surface area is 128 Å². The van der Waals surface area contributed by atoms with E-state index in [1.54, 1.807) is 7.11 Å². The highest BCUT2D eigenvalue weighted by Gasteiger charge is 2.15. The van der Waals surface area contributed by atoms with Gasteiger partial charge in [0, 0.05) is 20.1 Å². The second-order valence-corrected chi connectivity index (χ2v) is 5.48. The Hall–Kier alpha value is -1.29. The molecule has 0 aliphatic heterocycles. The molecule has 0 unspecified atom stereocenters. The van der Waals surface area contributed by atoms with E-state index in [0.29, 0.717) is 26.1 Å². The number of carbonyl (C=O) groups excluding carboxylic acids is 1. The van der Waals surface area contributed by atoms with Crippen molar-refractivity contribution in [3.63, 3.8) is 0 Å². The molecule has 120 valence electrons. The van der Waals surface area contributed by atoms with E-state index in [4.69, 9.17) is 9.15 Å². The molecule has 1 aromatic rings. The molecule has 0 radical (unpaired) electrons. The second kappa shape index (κ2) is 10.4. The predicted molar refractivity (Wildman–Crippen MR) is 84.1 cm³/mol. The van der Waals surface area contributed by atoms with Crippen molar-refractivity contribution in [2.75, 3.05) is 20.3 Å². The van der Waals surface area contributed by atoms with Gasteiger partial charge in [-0.1, -0.05) is 32.6 Å². The summed E-state index contributed by atoms with van der Waals surface area (Å²) in [6.45, 7) is 5.82. The Kier molecular flexibility index (Phi) is 8.83. The monoisotopic (exact) mass is 295 g/mol. The van der Waals surface area contributed by atoms with Gasteiger partial charge >= 0.3 is 0 Å². The molecule has 4 heteroatoms. The van der Waals surface area contributed by atoms with Crippen molar-refractivity contribution in [2.24, 2.45) is 0 Å². The van der Waals surface area contributed by atoms with Crippen molar-refractivity contribution in [3.8, 4) is 0 Å². The number of ether oxygens (including phenoxy) is 1. The fraction of sp³-hybridized carbons (Fsp3) is 0.706. The maximum atomic E-state index is 12.3. The molecule has 21 heavy (non-hydrogen) atoms. The van der Waals surface area contributed by atoms with Crippen LogP contribution in [0, 0.1) is 6.92 Å². The quantitative estimate of drug-likeness (QED) is 0.581. The third kappa shape index (κ3) is 7.32. The molecule has 0 bridgehead atoms. The van der Waals surface area contributed by atoms with E-state index in [9.17, 15) is 4.79 Å². The van der Waals surface area contributed by atoms with Crippen molar-refractivity contribution in [1.82, 2.24) is 4.90 Å². The molecule has 0 fully saturated rings. The van der Waals surface area contributed by atoms with E-state index < -0.39 is 0 Å². The zero-order valence-corrected chi connectivity index (χ0v) is 13.7. The van der Waals surface area contributed by atoms with Crippen LogP contribution in [0.15, 0.2) is 16.5 Å². The zero-order chi connectivity index (χ0) is 15.5. The highest BCUT2D eigenvalue weighted by molar-refractivity contribution is 5.76. The Morgan fingerprint density at radius 2 is 2.00 bits per heavy atom. The Morgan fingerprint density at radius 3 is 2.62 bits per heavy atom. The number of aryl methyl sites for hydroxylation is 1. The van der Waals surface area contributed by atoms with Crippen LogP contribution in [0.25, 0.3) is 0 Å². The highest BCUT2D eigenvalue weighted by Crippen LogP contribution is 2.12. The highest BCUT2D eigenvalue weighted by atomic mass is 16.5. The van der Waals surface area contributed by atoms with Gasteiger partial charge in [0.05, 0.1) is 13.2 Å². The van der Waals surface area contributed by atoms with E-state index in [1.165, 1.54) is 19.3 Å². The van der Waals surface area contributed by atoms with Gasteiger partial charge in [-0.3, -0.25) is 4.79 Å².